The highest BCUT2D eigenvalue weighted by molar-refractivity contribution is 5.32. The van der Waals surface area contributed by atoms with Crippen LogP contribution < -0.4 is 0 Å². The summed E-state index contributed by atoms with van der Waals surface area (Å²) in [5, 5.41) is 33.4. The first-order valence-electron chi connectivity index (χ1n) is 13.3. The summed E-state index contributed by atoms with van der Waals surface area (Å²) in [5.74, 6) is 3.04. The maximum absolute atomic E-state index is 11.7. The number of aliphatic hydroxyl groups is 3. The molecule has 4 heteroatoms. The standard InChI is InChI=1S/C27H46O4/c1-16(2)7-6-8-17(3)19-9-10-20-24(19,4)13-12-21-25(5)14-11-18(28)15-26(25,30)22(29)23-27(20,21)31-23/h16-23,28-30H,6-15H2,1-5H3/t17-,18+,19-,20-,21-,22+,23-,24-,25-,26+,27+/m1/s1. The monoisotopic (exact) mass is 434 g/mol. The summed E-state index contributed by atoms with van der Waals surface area (Å²) in [6.07, 6.45) is 8.89. The van der Waals surface area contributed by atoms with E-state index in [2.05, 4.69) is 34.6 Å². The van der Waals surface area contributed by atoms with Crippen LogP contribution in [0, 0.1) is 40.4 Å². The van der Waals surface area contributed by atoms with Gasteiger partial charge in [-0.15, -0.1) is 0 Å². The first-order chi connectivity index (χ1) is 14.5. The lowest BCUT2D eigenvalue weighted by molar-refractivity contribution is -0.246. The van der Waals surface area contributed by atoms with Crippen molar-refractivity contribution in [3.8, 4) is 0 Å². The van der Waals surface area contributed by atoms with E-state index in [0.717, 1.165) is 37.0 Å². The lowest BCUT2D eigenvalue weighted by Gasteiger charge is -2.63. The van der Waals surface area contributed by atoms with Crippen LogP contribution in [0.15, 0.2) is 0 Å². The van der Waals surface area contributed by atoms with Gasteiger partial charge in [0.15, 0.2) is 0 Å². The first kappa shape index (κ1) is 22.6. The molecule has 0 aromatic heterocycles. The van der Waals surface area contributed by atoms with Crippen molar-refractivity contribution < 1.29 is 20.1 Å². The van der Waals surface area contributed by atoms with Gasteiger partial charge in [0.1, 0.15) is 23.4 Å². The van der Waals surface area contributed by atoms with Gasteiger partial charge in [0.2, 0.25) is 0 Å². The number of fused-ring (bicyclic) bond motifs is 3. The molecule has 0 aromatic carbocycles. The molecular formula is C27H46O4. The molecule has 0 bridgehead atoms. The molecule has 4 nitrogen and oxygen atoms in total. The van der Waals surface area contributed by atoms with Gasteiger partial charge in [-0.2, -0.15) is 0 Å². The molecule has 178 valence electrons. The Balaban J connectivity index is 1.41. The predicted octanol–water partition coefficient (Wildman–Crippen LogP) is 4.69. The van der Waals surface area contributed by atoms with Crippen molar-refractivity contribution in [2.24, 2.45) is 40.4 Å². The van der Waals surface area contributed by atoms with Crippen LogP contribution in [-0.2, 0) is 4.74 Å². The molecule has 5 fully saturated rings. The van der Waals surface area contributed by atoms with E-state index in [1.54, 1.807) is 0 Å². The molecule has 4 saturated carbocycles. The van der Waals surface area contributed by atoms with Crippen LogP contribution in [-0.4, -0.2) is 44.8 Å². The summed E-state index contributed by atoms with van der Waals surface area (Å²) < 4.78 is 6.57. The number of epoxide rings is 1. The van der Waals surface area contributed by atoms with Gasteiger partial charge in [0.25, 0.3) is 0 Å². The molecule has 31 heavy (non-hydrogen) atoms. The van der Waals surface area contributed by atoms with Crippen LogP contribution in [0.1, 0.15) is 98.8 Å². The average molecular weight is 435 g/mol. The molecule has 0 aromatic rings. The van der Waals surface area contributed by atoms with Crippen molar-refractivity contribution in [3.63, 3.8) is 0 Å². The molecular weight excluding hydrogens is 388 g/mol. The Kier molecular flexibility index (Phi) is 5.23. The topological polar surface area (TPSA) is 73.2 Å². The molecule has 0 radical (unpaired) electrons. The molecule has 1 spiro atoms. The highest BCUT2D eigenvalue weighted by atomic mass is 16.6. The third-order valence-electron chi connectivity index (χ3n) is 11.4. The van der Waals surface area contributed by atoms with Crippen LogP contribution in [0.5, 0.6) is 0 Å². The Hall–Kier alpha value is -0.160. The van der Waals surface area contributed by atoms with E-state index in [4.69, 9.17) is 4.74 Å². The van der Waals surface area contributed by atoms with Crippen LogP contribution in [0.3, 0.4) is 0 Å². The zero-order chi connectivity index (χ0) is 22.4. The number of ether oxygens (including phenoxy) is 1. The minimum atomic E-state index is -1.23. The SMILES string of the molecule is CC(C)CCC[C@@H](C)[C@H]1CC[C@@H]2[C@]1(C)CC[C@H]1[C@@]23O[C@@H]3[C@H](O)[C@@]2(O)C[C@@H](O)CC[C@]12C. The maximum Gasteiger partial charge on any atom is 0.117 e. The molecule has 5 aliphatic rings. The van der Waals surface area contributed by atoms with Gasteiger partial charge < -0.3 is 20.1 Å². The molecule has 1 aliphatic heterocycles. The second kappa shape index (κ2) is 7.17. The van der Waals surface area contributed by atoms with Crippen molar-refractivity contribution in [1.82, 2.24) is 0 Å². The minimum Gasteiger partial charge on any atom is -0.393 e. The molecule has 1 saturated heterocycles. The van der Waals surface area contributed by atoms with E-state index in [-0.39, 0.29) is 29.0 Å². The molecule has 3 N–H and O–H groups in total. The molecule has 0 unspecified atom stereocenters. The fourth-order valence-electron chi connectivity index (χ4n) is 9.71. The van der Waals surface area contributed by atoms with Gasteiger partial charge in [-0.05, 0) is 73.5 Å². The average Bonchev–Trinajstić information content (AvgIpc) is 3.30. The van der Waals surface area contributed by atoms with Crippen molar-refractivity contribution in [2.45, 2.75) is 128 Å². The van der Waals surface area contributed by atoms with Crippen LogP contribution in [0.2, 0.25) is 0 Å². The summed E-state index contributed by atoms with van der Waals surface area (Å²) in [6.45, 7) is 11.8. The second-order valence-electron chi connectivity index (χ2n) is 13.2. The lowest BCUT2D eigenvalue weighted by atomic mass is 9.42. The van der Waals surface area contributed by atoms with Gasteiger partial charge in [-0.1, -0.05) is 53.9 Å². The van der Waals surface area contributed by atoms with Crippen molar-refractivity contribution >= 4 is 0 Å². The Bertz CT molecular complexity index is 709. The lowest BCUT2D eigenvalue weighted by Crippen LogP contribution is -2.72. The smallest absolute Gasteiger partial charge is 0.117 e. The zero-order valence-electron chi connectivity index (χ0n) is 20.4. The van der Waals surface area contributed by atoms with Gasteiger partial charge >= 0.3 is 0 Å². The van der Waals surface area contributed by atoms with Gasteiger partial charge in [-0.25, -0.2) is 0 Å². The predicted molar refractivity (Wildman–Crippen MR) is 121 cm³/mol. The number of rotatable bonds is 5. The maximum atomic E-state index is 11.7. The van der Waals surface area contributed by atoms with Gasteiger partial charge in [0, 0.05) is 11.8 Å². The fourth-order valence-corrected chi connectivity index (χ4v) is 9.71. The van der Waals surface area contributed by atoms with E-state index in [0.29, 0.717) is 11.8 Å². The fraction of sp³-hybridized carbons (Fsp3) is 1.00. The molecule has 11 atom stereocenters. The normalized spacial score (nSPS) is 56.4. The Morgan fingerprint density at radius 3 is 2.39 bits per heavy atom. The molecule has 0 amide bonds. The number of hydrogen-bond acceptors (Lipinski definition) is 4. The minimum absolute atomic E-state index is 0.248. The summed E-state index contributed by atoms with van der Waals surface area (Å²) in [6, 6.07) is 0. The second-order valence-corrected chi connectivity index (χ2v) is 13.2. The Morgan fingerprint density at radius 2 is 1.68 bits per heavy atom. The van der Waals surface area contributed by atoms with Gasteiger partial charge in [0.05, 0.1) is 6.10 Å². The van der Waals surface area contributed by atoms with Crippen molar-refractivity contribution in [3.05, 3.63) is 0 Å². The molecule has 5 rings (SSSR count). The number of hydrogen-bond donors (Lipinski definition) is 3. The summed E-state index contributed by atoms with van der Waals surface area (Å²) in [4.78, 5) is 0. The highest BCUT2D eigenvalue weighted by Gasteiger charge is 2.84. The number of aliphatic hydroxyl groups excluding tert-OH is 2. The summed E-state index contributed by atoms with van der Waals surface area (Å²) >= 11 is 0. The summed E-state index contributed by atoms with van der Waals surface area (Å²) in [5.41, 5.74) is -1.57. The van der Waals surface area contributed by atoms with Crippen molar-refractivity contribution in [2.75, 3.05) is 0 Å². The Morgan fingerprint density at radius 1 is 0.935 bits per heavy atom. The van der Waals surface area contributed by atoms with Crippen LogP contribution >= 0.6 is 0 Å². The van der Waals surface area contributed by atoms with Gasteiger partial charge in [-0.3, -0.25) is 0 Å². The van der Waals surface area contributed by atoms with E-state index in [1.807, 2.05) is 0 Å². The van der Waals surface area contributed by atoms with E-state index in [1.165, 1.54) is 38.5 Å². The Labute approximate surface area is 189 Å². The van der Waals surface area contributed by atoms with Crippen molar-refractivity contribution in [1.29, 1.82) is 0 Å². The molecule has 1 heterocycles. The van der Waals surface area contributed by atoms with E-state index in [9.17, 15) is 15.3 Å². The zero-order valence-corrected chi connectivity index (χ0v) is 20.4. The largest absolute Gasteiger partial charge is 0.393 e. The highest BCUT2D eigenvalue weighted by Crippen LogP contribution is 2.76. The van der Waals surface area contributed by atoms with E-state index < -0.39 is 17.8 Å². The third kappa shape index (κ3) is 2.87. The molecule has 4 aliphatic carbocycles. The van der Waals surface area contributed by atoms with Crippen LogP contribution in [0.4, 0.5) is 0 Å². The first-order valence-corrected chi connectivity index (χ1v) is 13.3. The van der Waals surface area contributed by atoms with E-state index >= 15 is 0 Å². The summed E-state index contributed by atoms with van der Waals surface area (Å²) in [7, 11) is 0. The quantitative estimate of drug-likeness (QED) is 0.549. The third-order valence-corrected chi connectivity index (χ3v) is 11.4. The van der Waals surface area contributed by atoms with Crippen LogP contribution in [0.25, 0.3) is 0 Å².